The van der Waals surface area contributed by atoms with Crippen LogP contribution in [0.1, 0.15) is 18.4 Å². The molecular weight excluding hydrogens is 374 g/mol. The van der Waals surface area contributed by atoms with Gasteiger partial charge in [0.2, 0.25) is 11.8 Å². The summed E-state index contributed by atoms with van der Waals surface area (Å²) < 4.78 is 2.01. The summed E-state index contributed by atoms with van der Waals surface area (Å²) in [6.45, 7) is 0.696. The number of carbonyl (C=O) groups is 2. The van der Waals surface area contributed by atoms with Crippen LogP contribution in [0.25, 0.3) is 5.69 Å². The summed E-state index contributed by atoms with van der Waals surface area (Å²) in [5, 5.41) is 3.32. The normalized spacial score (nSPS) is 13.8. The number of anilines is 2. The number of hydrogen-bond acceptors (Lipinski definition) is 2. The molecule has 0 radical (unpaired) electrons. The lowest BCUT2D eigenvalue weighted by Crippen LogP contribution is -2.24. The van der Waals surface area contributed by atoms with E-state index in [-0.39, 0.29) is 18.2 Å². The molecule has 0 spiro atoms. The highest BCUT2D eigenvalue weighted by molar-refractivity contribution is 6.33. The van der Waals surface area contributed by atoms with Gasteiger partial charge in [0, 0.05) is 36.7 Å². The van der Waals surface area contributed by atoms with Crippen LogP contribution in [0.2, 0.25) is 5.02 Å². The predicted octanol–water partition coefficient (Wildman–Crippen LogP) is 4.44. The fourth-order valence-corrected chi connectivity index (χ4v) is 3.54. The number of rotatable bonds is 5. The molecule has 4 rings (SSSR count). The highest BCUT2D eigenvalue weighted by Gasteiger charge is 2.22. The SMILES string of the molecule is O=C(Cc1ccc(-n2cccc2)cc1)Nc1cc(N2CCCC2=O)ccc1Cl. The number of nitrogens with one attached hydrogen (secondary N) is 1. The maximum Gasteiger partial charge on any atom is 0.228 e. The van der Waals surface area contributed by atoms with E-state index in [1.807, 2.05) is 53.4 Å². The van der Waals surface area contributed by atoms with E-state index in [2.05, 4.69) is 5.32 Å². The van der Waals surface area contributed by atoms with Crippen molar-refractivity contribution in [3.8, 4) is 5.69 Å². The molecule has 1 aliphatic heterocycles. The lowest BCUT2D eigenvalue weighted by Gasteiger charge is -2.17. The molecule has 1 aliphatic rings. The molecule has 2 heterocycles. The van der Waals surface area contributed by atoms with Gasteiger partial charge in [0.25, 0.3) is 0 Å². The number of nitrogens with zero attached hydrogens (tertiary/aromatic N) is 2. The van der Waals surface area contributed by atoms with Gasteiger partial charge in [0.1, 0.15) is 0 Å². The second-order valence-corrected chi connectivity index (χ2v) is 7.20. The van der Waals surface area contributed by atoms with E-state index in [0.717, 1.165) is 23.4 Å². The van der Waals surface area contributed by atoms with Gasteiger partial charge < -0.3 is 14.8 Å². The van der Waals surface area contributed by atoms with Crippen molar-refractivity contribution in [3.63, 3.8) is 0 Å². The van der Waals surface area contributed by atoms with Gasteiger partial charge >= 0.3 is 0 Å². The van der Waals surface area contributed by atoms with Crippen LogP contribution in [0, 0.1) is 0 Å². The van der Waals surface area contributed by atoms with Crippen molar-refractivity contribution < 1.29 is 9.59 Å². The third kappa shape index (κ3) is 3.94. The minimum Gasteiger partial charge on any atom is -0.324 e. The van der Waals surface area contributed by atoms with Crippen LogP contribution in [-0.2, 0) is 16.0 Å². The van der Waals surface area contributed by atoms with E-state index in [1.54, 1.807) is 23.1 Å². The van der Waals surface area contributed by atoms with E-state index >= 15 is 0 Å². The second-order valence-electron chi connectivity index (χ2n) is 6.79. The van der Waals surface area contributed by atoms with Crippen LogP contribution in [-0.4, -0.2) is 22.9 Å². The summed E-state index contributed by atoms with van der Waals surface area (Å²) in [5.74, 6) is -0.0529. The molecular formula is C22H20ClN3O2. The second kappa shape index (κ2) is 7.90. The Morgan fingerprint density at radius 2 is 1.75 bits per heavy atom. The molecule has 1 N–H and O–H groups in total. The molecule has 0 unspecified atom stereocenters. The van der Waals surface area contributed by atoms with E-state index in [9.17, 15) is 9.59 Å². The van der Waals surface area contributed by atoms with Crippen LogP contribution < -0.4 is 10.2 Å². The number of halogens is 1. The predicted molar refractivity (Wildman–Crippen MR) is 111 cm³/mol. The maximum absolute atomic E-state index is 12.5. The zero-order valence-corrected chi connectivity index (χ0v) is 16.0. The Morgan fingerprint density at radius 1 is 1.04 bits per heavy atom. The summed E-state index contributed by atoms with van der Waals surface area (Å²) in [6, 6.07) is 17.1. The molecule has 0 saturated carbocycles. The average Bonchev–Trinajstić information content (AvgIpc) is 3.36. The fourth-order valence-electron chi connectivity index (χ4n) is 3.37. The average molecular weight is 394 g/mol. The largest absolute Gasteiger partial charge is 0.324 e. The third-order valence-corrected chi connectivity index (χ3v) is 5.14. The first-order valence-corrected chi connectivity index (χ1v) is 9.60. The van der Waals surface area contributed by atoms with Gasteiger partial charge in [-0.3, -0.25) is 9.59 Å². The first-order valence-electron chi connectivity index (χ1n) is 9.22. The molecule has 0 aliphatic carbocycles. The molecule has 5 nitrogen and oxygen atoms in total. The number of hydrogen-bond donors (Lipinski definition) is 1. The Labute approximate surface area is 168 Å². The van der Waals surface area contributed by atoms with Gasteiger partial charge in [-0.2, -0.15) is 0 Å². The van der Waals surface area contributed by atoms with Crippen molar-refractivity contribution in [2.45, 2.75) is 19.3 Å². The smallest absolute Gasteiger partial charge is 0.228 e. The van der Waals surface area contributed by atoms with Crippen molar-refractivity contribution in [3.05, 3.63) is 77.6 Å². The number of aromatic nitrogens is 1. The van der Waals surface area contributed by atoms with Crippen LogP contribution in [0.4, 0.5) is 11.4 Å². The molecule has 1 aromatic heterocycles. The minimum absolute atomic E-state index is 0.0994. The Hall–Kier alpha value is -3.05. The number of benzene rings is 2. The molecule has 142 valence electrons. The van der Waals surface area contributed by atoms with E-state index in [4.69, 9.17) is 11.6 Å². The molecule has 6 heteroatoms. The van der Waals surface area contributed by atoms with Crippen LogP contribution in [0.5, 0.6) is 0 Å². The fraction of sp³-hybridized carbons (Fsp3) is 0.182. The zero-order chi connectivity index (χ0) is 19.5. The van der Waals surface area contributed by atoms with E-state index in [0.29, 0.717) is 23.7 Å². The Bertz CT molecular complexity index is 997. The molecule has 1 fully saturated rings. The summed E-state index contributed by atoms with van der Waals surface area (Å²) in [4.78, 5) is 26.2. The highest BCUT2D eigenvalue weighted by Crippen LogP contribution is 2.30. The lowest BCUT2D eigenvalue weighted by atomic mass is 10.1. The number of amides is 2. The minimum atomic E-state index is -0.152. The topological polar surface area (TPSA) is 54.3 Å². The van der Waals surface area contributed by atoms with Crippen molar-refractivity contribution in [1.82, 2.24) is 4.57 Å². The summed E-state index contributed by atoms with van der Waals surface area (Å²) in [5.41, 5.74) is 3.24. The van der Waals surface area contributed by atoms with E-state index < -0.39 is 0 Å². The van der Waals surface area contributed by atoms with Crippen molar-refractivity contribution in [2.75, 3.05) is 16.8 Å². The molecule has 1 saturated heterocycles. The lowest BCUT2D eigenvalue weighted by molar-refractivity contribution is -0.117. The molecule has 0 atom stereocenters. The summed E-state index contributed by atoms with van der Waals surface area (Å²) in [7, 11) is 0. The molecule has 0 bridgehead atoms. The van der Waals surface area contributed by atoms with Gasteiger partial charge in [0.05, 0.1) is 17.1 Å². The molecule has 2 aromatic carbocycles. The quantitative estimate of drug-likeness (QED) is 0.696. The van der Waals surface area contributed by atoms with E-state index in [1.165, 1.54) is 0 Å². The molecule has 3 aromatic rings. The Kier molecular flexibility index (Phi) is 5.17. The molecule has 2 amide bonds. The zero-order valence-electron chi connectivity index (χ0n) is 15.3. The standard InChI is InChI=1S/C22H20ClN3O2/c23-19-10-9-18(26-13-3-4-22(26)28)15-20(19)24-21(27)14-16-5-7-17(8-6-16)25-11-1-2-12-25/h1-2,5-12,15H,3-4,13-14H2,(H,24,27). The monoisotopic (exact) mass is 393 g/mol. The van der Waals surface area contributed by atoms with Crippen molar-refractivity contribution in [1.29, 1.82) is 0 Å². The Balaban J connectivity index is 1.44. The first-order chi connectivity index (χ1) is 13.6. The number of carbonyl (C=O) groups excluding carboxylic acids is 2. The van der Waals surface area contributed by atoms with Gasteiger partial charge in [-0.05, 0) is 54.4 Å². The van der Waals surface area contributed by atoms with Crippen LogP contribution >= 0.6 is 11.6 Å². The molecule has 28 heavy (non-hydrogen) atoms. The first kappa shape index (κ1) is 18.3. The van der Waals surface area contributed by atoms with Gasteiger partial charge in [-0.25, -0.2) is 0 Å². The summed E-state index contributed by atoms with van der Waals surface area (Å²) >= 11 is 6.24. The van der Waals surface area contributed by atoms with Gasteiger partial charge in [-0.1, -0.05) is 23.7 Å². The van der Waals surface area contributed by atoms with Crippen LogP contribution in [0.15, 0.2) is 67.0 Å². The van der Waals surface area contributed by atoms with Crippen molar-refractivity contribution in [2.24, 2.45) is 0 Å². The highest BCUT2D eigenvalue weighted by atomic mass is 35.5. The maximum atomic E-state index is 12.5. The van der Waals surface area contributed by atoms with Gasteiger partial charge in [0.15, 0.2) is 0 Å². The Morgan fingerprint density at radius 3 is 2.43 bits per heavy atom. The summed E-state index contributed by atoms with van der Waals surface area (Å²) in [6.07, 6.45) is 5.60. The van der Waals surface area contributed by atoms with Gasteiger partial charge in [-0.15, -0.1) is 0 Å². The van der Waals surface area contributed by atoms with Crippen LogP contribution in [0.3, 0.4) is 0 Å². The van der Waals surface area contributed by atoms with Crippen molar-refractivity contribution >= 4 is 34.8 Å². The third-order valence-electron chi connectivity index (χ3n) is 4.81.